The number of sulfonamides is 1. The summed E-state index contributed by atoms with van der Waals surface area (Å²) in [5, 5.41) is 4.74. The van der Waals surface area contributed by atoms with Gasteiger partial charge in [-0.3, -0.25) is 9.78 Å². The highest BCUT2D eigenvalue weighted by Gasteiger charge is 2.34. The molecular formula is C27H25N3O3S. The third-order valence-electron chi connectivity index (χ3n) is 6.28. The van der Waals surface area contributed by atoms with Gasteiger partial charge < -0.3 is 5.32 Å². The fourth-order valence-electron chi connectivity index (χ4n) is 4.57. The van der Waals surface area contributed by atoms with E-state index in [1.54, 1.807) is 47.0 Å². The SMILES string of the molecule is O=C(Nc1ccc(S(=O)(=O)N2CCCC[C@@H]2c2cccnc2)cc1)c1cccc2ccccc12. The van der Waals surface area contributed by atoms with E-state index in [9.17, 15) is 13.2 Å². The van der Waals surface area contributed by atoms with Crippen molar-refractivity contribution in [2.45, 2.75) is 30.2 Å². The molecule has 34 heavy (non-hydrogen) atoms. The molecule has 1 aromatic heterocycles. The summed E-state index contributed by atoms with van der Waals surface area (Å²) in [4.78, 5) is 17.3. The molecule has 3 aromatic carbocycles. The Balaban J connectivity index is 1.37. The number of amides is 1. The number of fused-ring (bicyclic) bond motifs is 1. The number of nitrogens with one attached hydrogen (secondary N) is 1. The van der Waals surface area contributed by atoms with Crippen molar-refractivity contribution >= 4 is 32.4 Å². The van der Waals surface area contributed by atoms with Gasteiger partial charge in [-0.25, -0.2) is 8.42 Å². The van der Waals surface area contributed by atoms with Gasteiger partial charge in [0.15, 0.2) is 0 Å². The van der Waals surface area contributed by atoms with Crippen LogP contribution in [0.5, 0.6) is 0 Å². The number of anilines is 1. The molecular weight excluding hydrogens is 446 g/mol. The van der Waals surface area contributed by atoms with Gasteiger partial charge in [-0.2, -0.15) is 4.31 Å². The van der Waals surface area contributed by atoms with Crippen LogP contribution >= 0.6 is 0 Å². The summed E-state index contributed by atoms with van der Waals surface area (Å²) in [6.45, 7) is 0.474. The first-order chi connectivity index (χ1) is 16.5. The Kier molecular flexibility index (Phi) is 6.13. The first-order valence-electron chi connectivity index (χ1n) is 11.3. The second-order valence-corrected chi connectivity index (χ2v) is 10.3. The summed E-state index contributed by atoms with van der Waals surface area (Å²) in [7, 11) is -3.69. The van der Waals surface area contributed by atoms with Crippen molar-refractivity contribution in [3.63, 3.8) is 0 Å². The number of carbonyl (C=O) groups is 1. The Morgan fingerprint density at radius 2 is 1.71 bits per heavy atom. The summed E-state index contributed by atoms with van der Waals surface area (Å²) < 4.78 is 28.6. The molecule has 0 bridgehead atoms. The Bertz CT molecular complexity index is 1420. The number of aromatic nitrogens is 1. The zero-order valence-electron chi connectivity index (χ0n) is 18.6. The summed E-state index contributed by atoms with van der Waals surface area (Å²) in [5.74, 6) is -0.236. The second-order valence-electron chi connectivity index (χ2n) is 8.42. The molecule has 4 aromatic rings. The van der Waals surface area contributed by atoms with Gasteiger partial charge in [-0.05, 0) is 65.6 Å². The van der Waals surface area contributed by atoms with Gasteiger partial charge in [0.2, 0.25) is 10.0 Å². The lowest BCUT2D eigenvalue weighted by Gasteiger charge is -2.34. The van der Waals surface area contributed by atoms with Gasteiger partial charge in [0, 0.05) is 30.2 Å². The van der Waals surface area contributed by atoms with E-state index in [1.807, 2.05) is 48.5 Å². The first-order valence-corrected chi connectivity index (χ1v) is 12.8. The van der Waals surface area contributed by atoms with Gasteiger partial charge in [-0.15, -0.1) is 0 Å². The molecule has 5 rings (SSSR count). The van der Waals surface area contributed by atoms with Crippen molar-refractivity contribution in [3.8, 4) is 0 Å². The standard InChI is InChI=1S/C27H25N3O3S/c31-27(25-11-5-8-20-7-1-2-10-24(20)25)29-22-13-15-23(16-14-22)34(32,33)30-18-4-3-12-26(30)21-9-6-17-28-19-21/h1-2,5-11,13-17,19,26H,3-4,12,18H2,(H,29,31)/t26-/m1/s1. The zero-order chi connectivity index (χ0) is 23.5. The minimum absolute atomic E-state index is 0.214. The van der Waals surface area contributed by atoms with Crippen LogP contribution in [-0.4, -0.2) is 30.2 Å². The normalized spacial score (nSPS) is 16.9. The number of nitrogens with zero attached hydrogens (tertiary/aromatic N) is 2. The summed E-state index contributed by atoms with van der Waals surface area (Å²) in [6.07, 6.45) is 6.00. The molecule has 6 nitrogen and oxygen atoms in total. The predicted octanol–water partition coefficient (Wildman–Crippen LogP) is 5.40. The predicted molar refractivity (Wildman–Crippen MR) is 133 cm³/mol. The molecule has 1 N–H and O–H groups in total. The molecule has 172 valence electrons. The van der Waals surface area contributed by atoms with Crippen LogP contribution in [0.2, 0.25) is 0 Å². The van der Waals surface area contributed by atoms with Crippen molar-refractivity contribution in [2.24, 2.45) is 0 Å². The van der Waals surface area contributed by atoms with E-state index in [-0.39, 0.29) is 16.8 Å². The molecule has 0 saturated carbocycles. The molecule has 7 heteroatoms. The molecule has 1 fully saturated rings. The van der Waals surface area contributed by atoms with E-state index in [0.717, 1.165) is 35.6 Å². The lowest BCUT2D eigenvalue weighted by atomic mass is 9.99. The van der Waals surface area contributed by atoms with E-state index in [1.165, 1.54) is 0 Å². The Morgan fingerprint density at radius 1 is 0.912 bits per heavy atom. The van der Waals surface area contributed by atoms with Crippen LogP contribution in [0.1, 0.15) is 41.2 Å². The number of pyridine rings is 1. The largest absolute Gasteiger partial charge is 0.322 e. The molecule has 0 aliphatic carbocycles. The number of rotatable bonds is 5. The highest BCUT2D eigenvalue weighted by atomic mass is 32.2. The van der Waals surface area contributed by atoms with Crippen molar-refractivity contribution in [2.75, 3.05) is 11.9 Å². The van der Waals surface area contributed by atoms with Gasteiger partial charge >= 0.3 is 0 Å². The average Bonchev–Trinajstić information content (AvgIpc) is 2.89. The minimum Gasteiger partial charge on any atom is -0.322 e. The number of piperidine rings is 1. The maximum Gasteiger partial charge on any atom is 0.256 e. The summed E-state index contributed by atoms with van der Waals surface area (Å²) >= 11 is 0. The summed E-state index contributed by atoms with van der Waals surface area (Å²) in [5.41, 5.74) is 2.02. The molecule has 0 spiro atoms. The first kappa shape index (κ1) is 22.3. The molecule has 1 aliphatic rings. The fraction of sp³-hybridized carbons (Fsp3) is 0.185. The fourth-order valence-corrected chi connectivity index (χ4v) is 6.25. The summed E-state index contributed by atoms with van der Waals surface area (Å²) in [6, 6.07) is 23.2. The molecule has 0 unspecified atom stereocenters. The molecule has 0 radical (unpaired) electrons. The highest BCUT2D eigenvalue weighted by molar-refractivity contribution is 7.89. The smallest absolute Gasteiger partial charge is 0.256 e. The molecule has 2 heterocycles. The van der Waals surface area contributed by atoms with Crippen LogP contribution in [-0.2, 0) is 10.0 Å². The Labute approximate surface area is 199 Å². The number of carbonyl (C=O) groups excluding carboxylic acids is 1. The van der Waals surface area contributed by atoms with Crippen LogP contribution in [0.4, 0.5) is 5.69 Å². The Morgan fingerprint density at radius 3 is 2.50 bits per heavy atom. The quantitative estimate of drug-likeness (QED) is 0.422. The van der Waals surface area contributed by atoms with Crippen LogP contribution in [0.25, 0.3) is 10.8 Å². The van der Waals surface area contributed by atoms with Crippen LogP contribution in [0, 0.1) is 0 Å². The molecule has 1 atom stereocenters. The monoisotopic (exact) mass is 471 g/mol. The van der Waals surface area contributed by atoms with Gasteiger partial charge in [-0.1, -0.05) is 48.9 Å². The van der Waals surface area contributed by atoms with E-state index in [0.29, 0.717) is 17.8 Å². The highest BCUT2D eigenvalue weighted by Crippen LogP contribution is 2.35. The second kappa shape index (κ2) is 9.37. The minimum atomic E-state index is -3.69. The van der Waals surface area contributed by atoms with Crippen molar-refractivity contribution in [1.82, 2.24) is 9.29 Å². The lowest BCUT2D eigenvalue weighted by molar-refractivity contribution is 0.102. The molecule has 1 amide bonds. The van der Waals surface area contributed by atoms with Gasteiger partial charge in [0.1, 0.15) is 0 Å². The third-order valence-corrected chi connectivity index (χ3v) is 8.20. The Hall–Kier alpha value is -3.55. The molecule has 1 saturated heterocycles. The van der Waals surface area contributed by atoms with E-state index >= 15 is 0 Å². The van der Waals surface area contributed by atoms with Crippen molar-refractivity contribution < 1.29 is 13.2 Å². The number of hydrogen-bond acceptors (Lipinski definition) is 4. The van der Waals surface area contributed by atoms with Crippen LogP contribution < -0.4 is 5.32 Å². The van der Waals surface area contributed by atoms with Crippen LogP contribution in [0.15, 0.2) is 96.2 Å². The van der Waals surface area contributed by atoms with E-state index in [4.69, 9.17) is 0 Å². The van der Waals surface area contributed by atoms with Crippen molar-refractivity contribution in [3.05, 3.63) is 102 Å². The number of hydrogen-bond donors (Lipinski definition) is 1. The maximum atomic E-state index is 13.5. The van der Waals surface area contributed by atoms with Crippen molar-refractivity contribution in [1.29, 1.82) is 0 Å². The van der Waals surface area contributed by atoms with Gasteiger partial charge in [0.05, 0.1) is 10.9 Å². The topological polar surface area (TPSA) is 79.4 Å². The van der Waals surface area contributed by atoms with E-state index in [2.05, 4.69) is 10.3 Å². The number of benzene rings is 3. The average molecular weight is 472 g/mol. The third kappa shape index (κ3) is 4.32. The molecule has 1 aliphatic heterocycles. The maximum absolute atomic E-state index is 13.5. The van der Waals surface area contributed by atoms with Crippen LogP contribution in [0.3, 0.4) is 0 Å². The lowest BCUT2D eigenvalue weighted by Crippen LogP contribution is -2.38. The zero-order valence-corrected chi connectivity index (χ0v) is 19.4. The van der Waals surface area contributed by atoms with Gasteiger partial charge in [0.25, 0.3) is 5.91 Å². The van der Waals surface area contributed by atoms with E-state index < -0.39 is 10.0 Å².